The van der Waals surface area contributed by atoms with Crippen LogP contribution in [0.1, 0.15) is 30.5 Å². The van der Waals surface area contributed by atoms with Gasteiger partial charge in [-0.25, -0.2) is 0 Å². The molecule has 0 amide bonds. The van der Waals surface area contributed by atoms with Crippen LogP contribution in [-0.2, 0) is 0 Å². The van der Waals surface area contributed by atoms with Gasteiger partial charge in [0.1, 0.15) is 0 Å². The molecule has 0 saturated carbocycles. The Hall–Kier alpha value is -1.29. The quantitative estimate of drug-likeness (QED) is 0.686. The molecule has 2 N–H and O–H groups in total. The van der Waals surface area contributed by atoms with Gasteiger partial charge in [-0.15, -0.1) is 0 Å². The molecule has 1 atom stereocenters. The summed E-state index contributed by atoms with van der Waals surface area (Å²) in [6.07, 6.45) is 0.937. The third-order valence-electron chi connectivity index (χ3n) is 3.37. The Bertz CT molecular complexity index is 656. The van der Waals surface area contributed by atoms with Crippen molar-refractivity contribution in [3.63, 3.8) is 0 Å². The molecule has 0 saturated heterocycles. The number of aryl methyl sites for hydroxylation is 1. The lowest BCUT2D eigenvalue weighted by atomic mass is 10.0. The van der Waals surface area contributed by atoms with Gasteiger partial charge in [-0.2, -0.15) is 0 Å². The highest BCUT2D eigenvalue weighted by Crippen LogP contribution is 2.25. The number of hydrogen-bond donors (Lipinski definition) is 2. The Morgan fingerprint density at radius 3 is 2.36 bits per heavy atom. The fourth-order valence-corrected chi connectivity index (χ4v) is 2.68. The minimum atomic E-state index is 0.170. The zero-order valence-electron chi connectivity index (χ0n) is 12.5. The Balaban J connectivity index is 2.02. The van der Waals surface area contributed by atoms with Crippen LogP contribution >= 0.6 is 35.4 Å². The second kappa shape index (κ2) is 7.82. The van der Waals surface area contributed by atoms with Gasteiger partial charge >= 0.3 is 0 Å². The molecule has 0 spiro atoms. The molecule has 0 aliphatic rings. The first-order valence-corrected chi connectivity index (χ1v) is 8.25. The average molecular weight is 353 g/mol. The van der Waals surface area contributed by atoms with Gasteiger partial charge in [0.2, 0.25) is 0 Å². The van der Waals surface area contributed by atoms with Crippen LogP contribution in [0.15, 0.2) is 42.5 Å². The molecule has 2 aromatic carbocycles. The fourth-order valence-electron chi connectivity index (χ4n) is 2.12. The molecule has 22 heavy (non-hydrogen) atoms. The first-order chi connectivity index (χ1) is 10.5. The van der Waals surface area contributed by atoms with Crippen molar-refractivity contribution in [3.05, 3.63) is 63.6 Å². The van der Waals surface area contributed by atoms with Crippen LogP contribution in [0.3, 0.4) is 0 Å². The molecule has 0 aromatic heterocycles. The summed E-state index contributed by atoms with van der Waals surface area (Å²) in [5, 5.41) is 8.05. The van der Waals surface area contributed by atoms with Crippen molar-refractivity contribution < 1.29 is 0 Å². The highest BCUT2D eigenvalue weighted by atomic mass is 35.5. The van der Waals surface area contributed by atoms with Crippen molar-refractivity contribution >= 4 is 46.2 Å². The molecule has 0 aliphatic heterocycles. The molecule has 0 bridgehead atoms. The predicted molar refractivity (Wildman–Crippen MR) is 100 cm³/mol. The Morgan fingerprint density at radius 1 is 1.09 bits per heavy atom. The maximum Gasteiger partial charge on any atom is 0.171 e. The average Bonchev–Trinajstić information content (AvgIpc) is 2.49. The van der Waals surface area contributed by atoms with Gasteiger partial charge in [0.15, 0.2) is 5.11 Å². The van der Waals surface area contributed by atoms with E-state index in [1.807, 2.05) is 6.07 Å². The Kier molecular flexibility index (Phi) is 6.07. The molecule has 2 aromatic rings. The van der Waals surface area contributed by atoms with Crippen molar-refractivity contribution in [2.24, 2.45) is 0 Å². The van der Waals surface area contributed by atoms with Gasteiger partial charge in [-0.1, -0.05) is 60.0 Å². The molecule has 116 valence electrons. The van der Waals surface area contributed by atoms with Crippen LogP contribution in [0.5, 0.6) is 0 Å². The number of rotatable bonds is 4. The lowest BCUT2D eigenvalue weighted by Gasteiger charge is -2.20. The van der Waals surface area contributed by atoms with E-state index < -0.39 is 0 Å². The van der Waals surface area contributed by atoms with E-state index in [1.165, 1.54) is 11.1 Å². The van der Waals surface area contributed by atoms with Crippen LogP contribution in [-0.4, -0.2) is 5.11 Å². The van der Waals surface area contributed by atoms with Gasteiger partial charge in [-0.05, 0) is 49.3 Å². The molecule has 0 heterocycles. The van der Waals surface area contributed by atoms with Gasteiger partial charge in [0.25, 0.3) is 0 Å². The maximum absolute atomic E-state index is 6.01. The van der Waals surface area contributed by atoms with Gasteiger partial charge in [-0.3, -0.25) is 0 Å². The Morgan fingerprint density at radius 2 is 1.77 bits per heavy atom. The number of nitrogens with one attached hydrogen (secondary N) is 2. The van der Waals surface area contributed by atoms with E-state index in [0.29, 0.717) is 15.2 Å². The zero-order chi connectivity index (χ0) is 16.1. The molecule has 0 aliphatic carbocycles. The molecule has 1 unspecified atom stereocenters. The van der Waals surface area contributed by atoms with Crippen molar-refractivity contribution in [2.75, 3.05) is 5.32 Å². The number of thiocarbonyl (C=S) groups is 1. The molecule has 5 heteroatoms. The number of hydrogen-bond acceptors (Lipinski definition) is 1. The largest absolute Gasteiger partial charge is 0.356 e. The standard InChI is InChI=1S/C17H18Cl2N2S/c1-3-16(12-6-4-11(2)5-7-12)21-17(22)20-13-8-9-14(18)15(19)10-13/h4-10,16H,3H2,1-2H3,(H2,20,21,22). The van der Waals surface area contributed by atoms with E-state index in [4.69, 9.17) is 35.4 Å². The predicted octanol–water partition coefficient (Wildman–Crippen LogP) is 5.74. The summed E-state index contributed by atoms with van der Waals surface area (Å²) in [6.45, 7) is 4.20. The van der Waals surface area contributed by atoms with Gasteiger partial charge in [0, 0.05) is 5.69 Å². The Labute approximate surface area is 146 Å². The molecule has 2 rings (SSSR count). The lowest BCUT2D eigenvalue weighted by Crippen LogP contribution is -2.32. The van der Waals surface area contributed by atoms with Crippen LogP contribution in [0, 0.1) is 6.92 Å². The molecule has 0 fully saturated rings. The van der Waals surface area contributed by atoms with E-state index in [-0.39, 0.29) is 6.04 Å². The van der Waals surface area contributed by atoms with Crippen molar-refractivity contribution in [1.29, 1.82) is 0 Å². The summed E-state index contributed by atoms with van der Waals surface area (Å²) >= 11 is 17.3. The molecule has 0 radical (unpaired) electrons. The van der Waals surface area contributed by atoms with Crippen LogP contribution in [0.4, 0.5) is 5.69 Å². The topological polar surface area (TPSA) is 24.1 Å². The van der Waals surface area contributed by atoms with Crippen molar-refractivity contribution in [3.8, 4) is 0 Å². The van der Waals surface area contributed by atoms with Crippen LogP contribution < -0.4 is 10.6 Å². The number of halogens is 2. The van der Waals surface area contributed by atoms with Gasteiger partial charge in [0.05, 0.1) is 16.1 Å². The molecular formula is C17H18Cl2N2S. The molecular weight excluding hydrogens is 335 g/mol. The summed E-state index contributed by atoms with van der Waals surface area (Å²) in [6, 6.07) is 14.0. The summed E-state index contributed by atoms with van der Waals surface area (Å²) in [5.74, 6) is 0. The summed E-state index contributed by atoms with van der Waals surface area (Å²) in [7, 11) is 0. The third-order valence-corrected chi connectivity index (χ3v) is 4.33. The van der Waals surface area contributed by atoms with Gasteiger partial charge < -0.3 is 10.6 Å². The van der Waals surface area contributed by atoms with E-state index in [1.54, 1.807) is 12.1 Å². The van der Waals surface area contributed by atoms with E-state index >= 15 is 0 Å². The zero-order valence-corrected chi connectivity index (χ0v) is 14.8. The fraction of sp³-hybridized carbons (Fsp3) is 0.235. The highest BCUT2D eigenvalue weighted by Gasteiger charge is 2.10. The SMILES string of the molecule is CCC(NC(=S)Nc1ccc(Cl)c(Cl)c1)c1ccc(C)cc1. The first-order valence-electron chi connectivity index (χ1n) is 7.08. The first kappa shape index (κ1) is 17.1. The smallest absolute Gasteiger partial charge is 0.171 e. The van der Waals surface area contributed by atoms with E-state index in [9.17, 15) is 0 Å². The number of anilines is 1. The minimum Gasteiger partial charge on any atom is -0.356 e. The number of benzene rings is 2. The van der Waals surface area contributed by atoms with Crippen molar-refractivity contribution in [1.82, 2.24) is 5.32 Å². The molecule has 2 nitrogen and oxygen atoms in total. The van der Waals surface area contributed by atoms with Crippen molar-refractivity contribution in [2.45, 2.75) is 26.3 Å². The summed E-state index contributed by atoms with van der Waals surface area (Å²) < 4.78 is 0. The van der Waals surface area contributed by atoms with E-state index in [0.717, 1.165) is 12.1 Å². The summed E-state index contributed by atoms with van der Waals surface area (Å²) in [5.41, 5.74) is 3.27. The monoisotopic (exact) mass is 352 g/mol. The summed E-state index contributed by atoms with van der Waals surface area (Å²) in [4.78, 5) is 0. The van der Waals surface area contributed by atoms with Crippen LogP contribution in [0.2, 0.25) is 10.0 Å². The maximum atomic E-state index is 6.01. The highest BCUT2D eigenvalue weighted by molar-refractivity contribution is 7.80. The third kappa shape index (κ3) is 4.60. The van der Waals surface area contributed by atoms with E-state index in [2.05, 4.69) is 48.7 Å². The van der Waals surface area contributed by atoms with Crippen LogP contribution in [0.25, 0.3) is 0 Å². The lowest BCUT2D eigenvalue weighted by molar-refractivity contribution is 0.629. The second-order valence-corrected chi connectivity index (χ2v) is 6.32. The normalized spacial score (nSPS) is 11.8. The second-order valence-electron chi connectivity index (χ2n) is 5.10. The minimum absolute atomic E-state index is 0.170.